The average Bonchev–Trinajstić information content (AvgIpc) is 2.27. The quantitative estimate of drug-likeness (QED) is 0.679. The van der Waals surface area contributed by atoms with E-state index in [9.17, 15) is 0 Å². The molecule has 1 aliphatic rings. The Morgan fingerprint density at radius 3 is 3.20 bits per heavy atom. The van der Waals surface area contributed by atoms with Crippen molar-refractivity contribution in [2.45, 2.75) is 12.8 Å². The molecule has 15 heavy (non-hydrogen) atoms. The van der Waals surface area contributed by atoms with Crippen molar-refractivity contribution >= 4 is 5.69 Å². The molecule has 0 atom stereocenters. The van der Waals surface area contributed by atoms with Crippen molar-refractivity contribution in [3.05, 3.63) is 23.8 Å². The first-order chi connectivity index (χ1) is 7.31. The first kappa shape index (κ1) is 9.92. The van der Waals surface area contributed by atoms with Gasteiger partial charge >= 0.3 is 0 Å². The number of fused-ring (bicyclic) bond motifs is 1. The minimum Gasteiger partial charge on any atom is -0.490 e. The Morgan fingerprint density at radius 1 is 1.53 bits per heavy atom. The maximum atomic E-state index is 5.57. The molecule has 78 valence electrons. The molecule has 1 aromatic carbocycles. The third-order valence-corrected chi connectivity index (χ3v) is 2.68. The Labute approximate surface area is 90.9 Å². The molecule has 0 spiro atoms. The van der Waals surface area contributed by atoms with Crippen LogP contribution >= 0.6 is 0 Å². The van der Waals surface area contributed by atoms with Crippen LogP contribution in [0.1, 0.15) is 12.0 Å². The summed E-state index contributed by atoms with van der Waals surface area (Å²) in [6.07, 6.45) is 6.99. The molecular formula is C13H15NO. The van der Waals surface area contributed by atoms with Crippen LogP contribution < -0.4 is 9.64 Å². The number of hydrogen-bond acceptors (Lipinski definition) is 2. The molecule has 0 fully saturated rings. The molecule has 0 aliphatic carbocycles. The Kier molecular flexibility index (Phi) is 2.82. The van der Waals surface area contributed by atoms with E-state index in [-0.39, 0.29) is 0 Å². The summed E-state index contributed by atoms with van der Waals surface area (Å²) in [4.78, 5) is 2.22. The van der Waals surface area contributed by atoms with E-state index in [1.807, 2.05) is 6.07 Å². The van der Waals surface area contributed by atoms with Gasteiger partial charge in [0.05, 0.1) is 12.2 Å². The summed E-state index contributed by atoms with van der Waals surface area (Å²) in [7, 11) is 2.09. The summed E-state index contributed by atoms with van der Waals surface area (Å²) in [5.74, 6) is 3.64. The standard InChI is InChI=1S/C13H15NO/c1-3-4-5-11-6-7-13-12(10-11)14(2)8-9-15-13/h1,6-7,10H,4-5,8-9H2,2H3. The van der Waals surface area contributed by atoms with Crippen LogP contribution in [0.2, 0.25) is 0 Å². The molecule has 0 aromatic heterocycles. The average molecular weight is 201 g/mol. The van der Waals surface area contributed by atoms with E-state index in [1.54, 1.807) is 0 Å². The lowest BCUT2D eigenvalue weighted by molar-refractivity contribution is 0.311. The third-order valence-electron chi connectivity index (χ3n) is 2.68. The predicted octanol–water partition coefficient (Wildman–Crippen LogP) is 2.08. The van der Waals surface area contributed by atoms with Crippen LogP contribution in [0.5, 0.6) is 5.75 Å². The fourth-order valence-electron chi connectivity index (χ4n) is 1.77. The summed E-state index contributed by atoms with van der Waals surface area (Å²) in [5.41, 5.74) is 2.46. The number of nitrogens with zero attached hydrogens (tertiary/aromatic N) is 1. The number of likely N-dealkylation sites (N-methyl/N-ethyl adjacent to an activating group) is 1. The molecule has 2 rings (SSSR count). The van der Waals surface area contributed by atoms with Crippen LogP contribution in [0.15, 0.2) is 18.2 Å². The summed E-state index contributed by atoms with van der Waals surface area (Å²) in [6.45, 7) is 1.72. The first-order valence-corrected chi connectivity index (χ1v) is 5.21. The number of hydrogen-bond donors (Lipinski definition) is 0. The van der Waals surface area contributed by atoms with Gasteiger partial charge in [-0.05, 0) is 24.1 Å². The monoisotopic (exact) mass is 201 g/mol. The third kappa shape index (κ3) is 2.07. The maximum Gasteiger partial charge on any atom is 0.142 e. The highest BCUT2D eigenvalue weighted by Gasteiger charge is 2.14. The van der Waals surface area contributed by atoms with Gasteiger partial charge in [0.25, 0.3) is 0 Å². The van der Waals surface area contributed by atoms with Crippen molar-refractivity contribution in [3.8, 4) is 18.1 Å². The molecule has 0 radical (unpaired) electrons. The number of benzene rings is 1. The summed E-state index contributed by atoms with van der Waals surface area (Å²) in [6, 6.07) is 6.30. The molecule has 2 nitrogen and oxygen atoms in total. The Bertz CT molecular complexity index is 392. The zero-order valence-electron chi connectivity index (χ0n) is 8.99. The molecule has 1 heterocycles. The van der Waals surface area contributed by atoms with E-state index < -0.39 is 0 Å². The lowest BCUT2D eigenvalue weighted by atomic mass is 10.1. The van der Waals surface area contributed by atoms with Gasteiger partial charge in [0.1, 0.15) is 12.4 Å². The van der Waals surface area contributed by atoms with Crippen molar-refractivity contribution < 1.29 is 4.74 Å². The predicted molar refractivity (Wildman–Crippen MR) is 62.4 cm³/mol. The zero-order chi connectivity index (χ0) is 10.7. The van der Waals surface area contributed by atoms with Crippen molar-refractivity contribution in [1.82, 2.24) is 0 Å². The number of aryl methyl sites for hydroxylation is 1. The largest absolute Gasteiger partial charge is 0.490 e. The van der Waals surface area contributed by atoms with E-state index in [2.05, 4.69) is 30.0 Å². The molecule has 0 bridgehead atoms. The maximum absolute atomic E-state index is 5.57. The molecule has 0 unspecified atom stereocenters. The van der Waals surface area contributed by atoms with Crippen LogP contribution in [0.4, 0.5) is 5.69 Å². The van der Waals surface area contributed by atoms with Crippen LogP contribution in [-0.2, 0) is 6.42 Å². The molecule has 2 heteroatoms. The zero-order valence-corrected chi connectivity index (χ0v) is 8.99. The van der Waals surface area contributed by atoms with Crippen LogP contribution in [0.3, 0.4) is 0 Å². The lowest BCUT2D eigenvalue weighted by Crippen LogP contribution is -2.28. The highest BCUT2D eigenvalue weighted by atomic mass is 16.5. The number of rotatable bonds is 2. The van der Waals surface area contributed by atoms with Crippen molar-refractivity contribution in [2.24, 2.45) is 0 Å². The van der Waals surface area contributed by atoms with Crippen LogP contribution in [0, 0.1) is 12.3 Å². The number of terminal acetylenes is 1. The molecule has 0 N–H and O–H groups in total. The molecule has 1 aromatic rings. The van der Waals surface area contributed by atoms with Gasteiger partial charge in [-0.1, -0.05) is 6.07 Å². The molecule has 1 aliphatic heterocycles. The van der Waals surface area contributed by atoms with Gasteiger partial charge in [-0.2, -0.15) is 0 Å². The van der Waals surface area contributed by atoms with E-state index >= 15 is 0 Å². The lowest BCUT2D eigenvalue weighted by Gasteiger charge is -2.28. The molecule has 0 saturated heterocycles. The Balaban J connectivity index is 2.24. The van der Waals surface area contributed by atoms with Gasteiger partial charge in [-0.25, -0.2) is 0 Å². The second-order valence-corrected chi connectivity index (χ2v) is 3.78. The SMILES string of the molecule is C#CCCc1ccc2c(c1)N(C)CCO2. The highest BCUT2D eigenvalue weighted by Crippen LogP contribution is 2.31. The molecule has 0 saturated carbocycles. The number of ether oxygens (including phenoxy) is 1. The van der Waals surface area contributed by atoms with Crippen LogP contribution in [0.25, 0.3) is 0 Å². The summed E-state index contributed by atoms with van der Waals surface area (Å²) >= 11 is 0. The van der Waals surface area contributed by atoms with Crippen molar-refractivity contribution in [1.29, 1.82) is 0 Å². The van der Waals surface area contributed by atoms with Gasteiger partial charge in [-0.3, -0.25) is 0 Å². The topological polar surface area (TPSA) is 12.5 Å². The van der Waals surface area contributed by atoms with E-state index in [0.29, 0.717) is 0 Å². The van der Waals surface area contributed by atoms with E-state index in [4.69, 9.17) is 11.2 Å². The molecular weight excluding hydrogens is 186 g/mol. The number of anilines is 1. The Hall–Kier alpha value is -1.62. The summed E-state index contributed by atoms with van der Waals surface area (Å²) in [5, 5.41) is 0. The fraction of sp³-hybridized carbons (Fsp3) is 0.385. The smallest absolute Gasteiger partial charge is 0.142 e. The minimum atomic E-state index is 0.771. The van der Waals surface area contributed by atoms with Gasteiger partial charge in [0, 0.05) is 13.5 Å². The highest BCUT2D eigenvalue weighted by molar-refractivity contribution is 5.60. The van der Waals surface area contributed by atoms with Crippen LogP contribution in [-0.4, -0.2) is 20.2 Å². The van der Waals surface area contributed by atoms with Gasteiger partial charge in [0.2, 0.25) is 0 Å². The van der Waals surface area contributed by atoms with E-state index in [0.717, 1.165) is 31.7 Å². The van der Waals surface area contributed by atoms with Gasteiger partial charge in [-0.15, -0.1) is 12.3 Å². The normalized spacial score (nSPS) is 14.0. The van der Waals surface area contributed by atoms with Crippen molar-refractivity contribution in [3.63, 3.8) is 0 Å². The van der Waals surface area contributed by atoms with Crippen molar-refractivity contribution in [2.75, 3.05) is 25.1 Å². The first-order valence-electron chi connectivity index (χ1n) is 5.21. The van der Waals surface area contributed by atoms with Gasteiger partial charge < -0.3 is 9.64 Å². The van der Waals surface area contributed by atoms with Gasteiger partial charge in [0.15, 0.2) is 0 Å². The Morgan fingerprint density at radius 2 is 2.40 bits per heavy atom. The summed E-state index contributed by atoms with van der Waals surface area (Å²) < 4.78 is 5.57. The fourth-order valence-corrected chi connectivity index (χ4v) is 1.77. The molecule has 0 amide bonds. The second-order valence-electron chi connectivity index (χ2n) is 3.78. The minimum absolute atomic E-state index is 0.771. The second kappa shape index (κ2) is 4.27. The van der Waals surface area contributed by atoms with E-state index in [1.165, 1.54) is 11.3 Å².